The Labute approximate surface area is 170 Å². The monoisotopic (exact) mass is 408 g/mol. The summed E-state index contributed by atoms with van der Waals surface area (Å²) in [4.78, 5) is 31.7. The number of aryl methyl sites for hydroxylation is 1. The first-order chi connectivity index (χ1) is 13.6. The molecular weight excluding hydrogens is 388 g/mol. The molecule has 5 rings (SSSR count). The molecule has 0 aliphatic heterocycles. The Balaban J connectivity index is 1.53. The van der Waals surface area contributed by atoms with Crippen molar-refractivity contribution in [3.05, 3.63) is 57.2 Å². The highest BCUT2D eigenvalue weighted by Gasteiger charge is 2.24. The third kappa shape index (κ3) is 3.02. The van der Waals surface area contributed by atoms with Gasteiger partial charge in [0.2, 0.25) is 0 Å². The van der Waals surface area contributed by atoms with Gasteiger partial charge in [-0.25, -0.2) is 15.0 Å². The predicted octanol–water partition coefficient (Wildman–Crippen LogP) is 4.91. The van der Waals surface area contributed by atoms with E-state index >= 15 is 0 Å². The molecule has 0 amide bonds. The van der Waals surface area contributed by atoms with Crippen LogP contribution in [0.25, 0.3) is 21.1 Å². The van der Waals surface area contributed by atoms with Gasteiger partial charge in [0, 0.05) is 10.3 Å². The molecule has 142 valence electrons. The lowest BCUT2D eigenvalue weighted by Crippen LogP contribution is -2.15. The number of thiophene rings is 1. The Morgan fingerprint density at radius 1 is 1.29 bits per heavy atom. The largest absolute Gasteiger partial charge is 0.309 e. The van der Waals surface area contributed by atoms with Gasteiger partial charge in [0.1, 0.15) is 22.0 Å². The minimum absolute atomic E-state index is 0.00736. The predicted molar refractivity (Wildman–Crippen MR) is 115 cm³/mol. The molecule has 0 saturated heterocycles. The van der Waals surface area contributed by atoms with Crippen molar-refractivity contribution in [2.45, 2.75) is 43.4 Å². The van der Waals surface area contributed by atoms with Crippen LogP contribution in [-0.4, -0.2) is 19.9 Å². The summed E-state index contributed by atoms with van der Waals surface area (Å²) in [7, 11) is 0. The van der Waals surface area contributed by atoms with E-state index in [2.05, 4.69) is 28.8 Å². The number of aromatic amines is 1. The SMILES string of the molecule is CC1CCc2c(sc3nc(C(C)Sc4ncnc5ccccc45)[nH]c(=O)c23)C1. The van der Waals surface area contributed by atoms with Crippen LogP contribution < -0.4 is 5.56 Å². The van der Waals surface area contributed by atoms with Crippen molar-refractivity contribution in [3.8, 4) is 0 Å². The molecule has 0 bridgehead atoms. The standard InChI is InChI=1S/C21H20N4OS2/c1-11-7-8-14-16(9-11)28-21-17(14)19(26)24-18(25-21)12(2)27-20-13-5-3-4-6-15(13)22-10-23-20/h3-6,10-12H,7-9H2,1-2H3,(H,24,25,26). The second-order valence-electron chi connectivity index (χ2n) is 7.44. The minimum Gasteiger partial charge on any atom is -0.309 e. The Hall–Kier alpha value is -2.25. The zero-order chi connectivity index (χ0) is 19.3. The summed E-state index contributed by atoms with van der Waals surface area (Å²) in [5.41, 5.74) is 2.14. The Bertz CT molecular complexity index is 1240. The molecule has 1 N–H and O–H groups in total. The highest BCUT2D eigenvalue weighted by molar-refractivity contribution is 7.99. The lowest BCUT2D eigenvalue weighted by molar-refractivity contribution is 0.509. The van der Waals surface area contributed by atoms with Crippen LogP contribution >= 0.6 is 23.1 Å². The second kappa shape index (κ2) is 6.97. The topological polar surface area (TPSA) is 71.5 Å². The summed E-state index contributed by atoms with van der Waals surface area (Å²) >= 11 is 3.29. The number of nitrogens with one attached hydrogen (secondary N) is 1. The summed E-state index contributed by atoms with van der Waals surface area (Å²) in [6.45, 7) is 4.34. The van der Waals surface area contributed by atoms with Gasteiger partial charge in [-0.1, -0.05) is 36.9 Å². The number of benzene rings is 1. The van der Waals surface area contributed by atoms with E-state index in [1.807, 2.05) is 24.3 Å². The van der Waals surface area contributed by atoms with Crippen molar-refractivity contribution in [2.24, 2.45) is 5.92 Å². The highest BCUT2D eigenvalue weighted by atomic mass is 32.2. The molecule has 1 aliphatic rings. The lowest BCUT2D eigenvalue weighted by atomic mass is 9.89. The van der Waals surface area contributed by atoms with Gasteiger partial charge in [-0.2, -0.15) is 0 Å². The fraction of sp³-hybridized carbons (Fsp3) is 0.333. The summed E-state index contributed by atoms with van der Waals surface area (Å²) in [5.74, 6) is 1.39. The normalized spacial score (nSPS) is 17.7. The van der Waals surface area contributed by atoms with Crippen LogP contribution in [0.4, 0.5) is 0 Å². The smallest absolute Gasteiger partial charge is 0.259 e. The van der Waals surface area contributed by atoms with Gasteiger partial charge in [0.05, 0.1) is 16.2 Å². The molecule has 2 atom stereocenters. The molecule has 0 fully saturated rings. The van der Waals surface area contributed by atoms with E-state index in [9.17, 15) is 4.79 Å². The maximum Gasteiger partial charge on any atom is 0.259 e. The van der Waals surface area contributed by atoms with Crippen molar-refractivity contribution >= 4 is 44.2 Å². The average Bonchev–Trinajstić information content (AvgIpc) is 3.06. The number of H-pyrrole nitrogens is 1. The third-order valence-corrected chi connectivity index (χ3v) is 7.64. The average molecular weight is 409 g/mol. The highest BCUT2D eigenvalue weighted by Crippen LogP contribution is 2.38. The van der Waals surface area contributed by atoms with Crippen LogP contribution in [0.2, 0.25) is 0 Å². The van der Waals surface area contributed by atoms with Crippen LogP contribution in [0.5, 0.6) is 0 Å². The zero-order valence-electron chi connectivity index (χ0n) is 15.7. The maximum absolute atomic E-state index is 12.9. The van der Waals surface area contributed by atoms with Crippen molar-refractivity contribution in [1.82, 2.24) is 19.9 Å². The Kier molecular flexibility index (Phi) is 4.44. The van der Waals surface area contributed by atoms with Crippen molar-refractivity contribution in [1.29, 1.82) is 0 Å². The van der Waals surface area contributed by atoms with E-state index < -0.39 is 0 Å². The Morgan fingerprint density at radius 2 is 2.14 bits per heavy atom. The number of hydrogen-bond acceptors (Lipinski definition) is 6. The van der Waals surface area contributed by atoms with Crippen LogP contribution in [0.15, 0.2) is 40.4 Å². The number of nitrogens with zero attached hydrogens (tertiary/aromatic N) is 3. The van der Waals surface area contributed by atoms with Gasteiger partial charge in [0.25, 0.3) is 5.56 Å². The van der Waals surface area contributed by atoms with Gasteiger partial charge in [-0.05, 0) is 43.7 Å². The van der Waals surface area contributed by atoms with Gasteiger partial charge < -0.3 is 4.98 Å². The molecule has 0 saturated carbocycles. The first-order valence-electron chi connectivity index (χ1n) is 9.51. The van der Waals surface area contributed by atoms with Gasteiger partial charge >= 0.3 is 0 Å². The van der Waals surface area contributed by atoms with Crippen molar-refractivity contribution in [3.63, 3.8) is 0 Å². The number of rotatable bonds is 3. The molecule has 7 heteroatoms. The van der Waals surface area contributed by atoms with E-state index in [0.29, 0.717) is 11.7 Å². The van der Waals surface area contributed by atoms with Crippen LogP contribution in [0.3, 0.4) is 0 Å². The third-order valence-electron chi connectivity index (χ3n) is 5.36. The molecule has 3 heterocycles. The first-order valence-corrected chi connectivity index (χ1v) is 11.2. The maximum atomic E-state index is 12.9. The molecular formula is C21H20N4OS2. The van der Waals surface area contributed by atoms with E-state index in [4.69, 9.17) is 4.98 Å². The molecule has 5 nitrogen and oxygen atoms in total. The van der Waals surface area contributed by atoms with Gasteiger partial charge in [-0.3, -0.25) is 4.79 Å². The Morgan fingerprint density at radius 3 is 3.04 bits per heavy atom. The molecule has 28 heavy (non-hydrogen) atoms. The summed E-state index contributed by atoms with van der Waals surface area (Å²) in [5, 5.41) is 2.71. The van der Waals surface area contributed by atoms with Gasteiger partial charge in [0.15, 0.2) is 0 Å². The van der Waals surface area contributed by atoms with E-state index in [0.717, 1.165) is 45.4 Å². The van der Waals surface area contributed by atoms with E-state index in [1.165, 1.54) is 10.4 Å². The molecule has 1 aromatic carbocycles. The molecule has 4 aromatic rings. The quantitative estimate of drug-likeness (QED) is 0.385. The van der Waals surface area contributed by atoms with E-state index in [-0.39, 0.29) is 10.8 Å². The lowest BCUT2D eigenvalue weighted by Gasteiger charge is -2.17. The number of fused-ring (bicyclic) bond motifs is 4. The molecule has 1 aliphatic carbocycles. The molecule has 2 unspecified atom stereocenters. The fourth-order valence-corrected chi connectivity index (χ4v) is 6.21. The first kappa shape index (κ1) is 17.8. The molecule has 0 spiro atoms. The second-order valence-corrected chi connectivity index (χ2v) is 9.85. The number of para-hydroxylation sites is 1. The minimum atomic E-state index is -0.0199. The van der Waals surface area contributed by atoms with E-state index in [1.54, 1.807) is 29.4 Å². The van der Waals surface area contributed by atoms with Gasteiger partial charge in [-0.15, -0.1) is 11.3 Å². The summed E-state index contributed by atoms with van der Waals surface area (Å²) in [6, 6.07) is 7.97. The molecule has 3 aromatic heterocycles. The summed E-state index contributed by atoms with van der Waals surface area (Å²) < 4.78 is 0. The summed E-state index contributed by atoms with van der Waals surface area (Å²) in [6.07, 6.45) is 4.78. The number of thioether (sulfide) groups is 1. The number of hydrogen-bond donors (Lipinski definition) is 1. The van der Waals surface area contributed by atoms with Crippen LogP contribution in [0.1, 0.15) is 41.8 Å². The number of aromatic nitrogens is 4. The van der Waals surface area contributed by atoms with Crippen LogP contribution in [0, 0.1) is 5.92 Å². The molecule has 0 radical (unpaired) electrons. The van der Waals surface area contributed by atoms with Crippen molar-refractivity contribution < 1.29 is 0 Å². The fourth-order valence-electron chi connectivity index (χ4n) is 3.86. The zero-order valence-corrected chi connectivity index (χ0v) is 17.4. The van der Waals surface area contributed by atoms with Crippen LogP contribution in [-0.2, 0) is 12.8 Å². The van der Waals surface area contributed by atoms with Crippen molar-refractivity contribution in [2.75, 3.05) is 0 Å².